The SMILES string of the molecule is COCC(C)(N)c1cccc2c1OCC2. The van der Waals surface area contributed by atoms with Gasteiger partial charge in [-0.25, -0.2) is 0 Å². The molecule has 0 aliphatic carbocycles. The quantitative estimate of drug-likeness (QED) is 0.815. The summed E-state index contributed by atoms with van der Waals surface area (Å²) in [6.07, 6.45) is 0.978. The van der Waals surface area contributed by atoms with Crippen molar-refractivity contribution in [1.29, 1.82) is 0 Å². The van der Waals surface area contributed by atoms with Crippen LogP contribution in [0.3, 0.4) is 0 Å². The molecule has 0 bridgehead atoms. The van der Waals surface area contributed by atoms with Gasteiger partial charge in [-0.15, -0.1) is 0 Å². The predicted octanol–water partition coefficient (Wildman–Crippen LogP) is 1.44. The number of ether oxygens (including phenoxy) is 2. The Morgan fingerprint density at radius 3 is 3.07 bits per heavy atom. The second-order valence-electron chi connectivity index (χ2n) is 4.24. The van der Waals surface area contributed by atoms with Gasteiger partial charge in [0.2, 0.25) is 0 Å². The Morgan fingerprint density at radius 2 is 2.33 bits per heavy atom. The Morgan fingerprint density at radius 1 is 1.53 bits per heavy atom. The van der Waals surface area contributed by atoms with Crippen LogP contribution in [0.2, 0.25) is 0 Å². The lowest BCUT2D eigenvalue weighted by Gasteiger charge is -2.25. The summed E-state index contributed by atoms with van der Waals surface area (Å²) >= 11 is 0. The van der Waals surface area contributed by atoms with Crippen molar-refractivity contribution in [3.63, 3.8) is 0 Å². The van der Waals surface area contributed by atoms with E-state index in [1.54, 1.807) is 7.11 Å². The largest absolute Gasteiger partial charge is 0.493 e. The van der Waals surface area contributed by atoms with Crippen LogP contribution in [0.5, 0.6) is 5.75 Å². The van der Waals surface area contributed by atoms with Gasteiger partial charge in [0.25, 0.3) is 0 Å². The molecule has 0 saturated carbocycles. The fraction of sp³-hybridized carbons (Fsp3) is 0.500. The van der Waals surface area contributed by atoms with Crippen LogP contribution in [0.15, 0.2) is 18.2 Å². The summed E-state index contributed by atoms with van der Waals surface area (Å²) in [5, 5.41) is 0. The van der Waals surface area contributed by atoms with E-state index in [0.29, 0.717) is 6.61 Å². The molecule has 0 amide bonds. The summed E-state index contributed by atoms with van der Waals surface area (Å²) in [7, 11) is 1.66. The van der Waals surface area contributed by atoms with Gasteiger partial charge in [0.15, 0.2) is 0 Å². The molecule has 15 heavy (non-hydrogen) atoms. The topological polar surface area (TPSA) is 44.5 Å². The lowest BCUT2D eigenvalue weighted by Crippen LogP contribution is -2.38. The fourth-order valence-electron chi connectivity index (χ4n) is 2.04. The van der Waals surface area contributed by atoms with Gasteiger partial charge >= 0.3 is 0 Å². The Balaban J connectivity index is 2.40. The van der Waals surface area contributed by atoms with E-state index in [0.717, 1.165) is 24.3 Å². The van der Waals surface area contributed by atoms with E-state index in [1.165, 1.54) is 5.56 Å². The maximum atomic E-state index is 6.22. The zero-order valence-corrected chi connectivity index (χ0v) is 9.25. The van der Waals surface area contributed by atoms with Gasteiger partial charge in [0.1, 0.15) is 5.75 Å². The van der Waals surface area contributed by atoms with Crippen LogP contribution in [0.1, 0.15) is 18.1 Å². The van der Waals surface area contributed by atoms with Crippen molar-refractivity contribution in [3.8, 4) is 5.75 Å². The van der Waals surface area contributed by atoms with Crippen molar-refractivity contribution in [2.45, 2.75) is 18.9 Å². The van der Waals surface area contributed by atoms with Gasteiger partial charge in [-0.2, -0.15) is 0 Å². The summed E-state index contributed by atoms with van der Waals surface area (Å²) in [5.74, 6) is 0.958. The van der Waals surface area contributed by atoms with Crippen LogP contribution < -0.4 is 10.5 Å². The lowest BCUT2D eigenvalue weighted by molar-refractivity contribution is 0.139. The number of fused-ring (bicyclic) bond motifs is 1. The van der Waals surface area contributed by atoms with Gasteiger partial charge in [-0.1, -0.05) is 18.2 Å². The predicted molar refractivity (Wildman–Crippen MR) is 59.1 cm³/mol. The standard InChI is InChI=1S/C12H17NO2/c1-12(13,8-14-2)10-5-3-4-9-6-7-15-11(9)10/h3-5H,6-8,13H2,1-2H3. The summed E-state index contributed by atoms with van der Waals surface area (Å²) in [6.45, 7) is 3.22. The number of hydrogen-bond acceptors (Lipinski definition) is 3. The van der Waals surface area contributed by atoms with Crippen LogP contribution >= 0.6 is 0 Å². The number of nitrogens with two attached hydrogens (primary N) is 1. The summed E-state index contributed by atoms with van der Waals surface area (Å²) < 4.78 is 10.8. The molecule has 1 aliphatic heterocycles. The molecule has 1 aliphatic rings. The fourth-order valence-corrected chi connectivity index (χ4v) is 2.04. The Bertz CT molecular complexity index is 361. The molecule has 2 rings (SSSR count). The average Bonchev–Trinajstić information content (AvgIpc) is 2.64. The third-order valence-corrected chi connectivity index (χ3v) is 2.77. The highest BCUT2D eigenvalue weighted by Crippen LogP contribution is 2.35. The van der Waals surface area contributed by atoms with E-state index in [1.807, 2.05) is 19.1 Å². The first-order valence-electron chi connectivity index (χ1n) is 5.18. The van der Waals surface area contributed by atoms with Crippen molar-refractivity contribution in [2.24, 2.45) is 5.73 Å². The second-order valence-corrected chi connectivity index (χ2v) is 4.24. The van der Waals surface area contributed by atoms with Crippen molar-refractivity contribution in [3.05, 3.63) is 29.3 Å². The highest BCUT2D eigenvalue weighted by molar-refractivity contribution is 5.47. The molecule has 3 nitrogen and oxygen atoms in total. The smallest absolute Gasteiger partial charge is 0.127 e. The molecule has 0 saturated heterocycles. The first-order valence-corrected chi connectivity index (χ1v) is 5.18. The van der Waals surface area contributed by atoms with Gasteiger partial charge in [0.05, 0.1) is 18.8 Å². The minimum absolute atomic E-state index is 0.482. The molecular formula is C12H17NO2. The Kier molecular flexibility index (Phi) is 2.67. The molecule has 3 heteroatoms. The Hall–Kier alpha value is -1.06. The van der Waals surface area contributed by atoms with E-state index in [4.69, 9.17) is 15.2 Å². The van der Waals surface area contributed by atoms with Crippen molar-refractivity contribution in [2.75, 3.05) is 20.3 Å². The van der Waals surface area contributed by atoms with Crippen LogP contribution in [-0.2, 0) is 16.7 Å². The van der Waals surface area contributed by atoms with Crippen molar-refractivity contribution >= 4 is 0 Å². The molecule has 1 atom stereocenters. The van der Waals surface area contributed by atoms with Gasteiger partial charge < -0.3 is 15.2 Å². The summed E-state index contributed by atoms with van der Waals surface area (Å²) in [4.78, 5) is 0. The molecule has 2 N–H and O–H groups in total. The number of methoxy groups -OCH3 is 1. The number of benzene rings is 1. The highest BCUT2D eigenvalue weighted by atomic mass is 16.5. The van der Waals surface area contributed by atoms with E-state index in [9.17, 15) is 0 Å². The summed E-state index contributed by atoms with van der Waals surface area (Å²) in [5.41, 5.74) is 8.03. The van der Waals surface area contributed by atoms with Gasteiger partial charge in [0, 0.05) is 19.1 Å². The first kappa shape index (κ1) is 10.5. The van der Waals surface area contributed by atoms with Crippen molar-refractivity contribution in [1.82, 2.24) is 0 Å². The summed E-state index contributed by atoms with van der Waals surface area (Å²) in [6, 6.07) is 6.14. The maximum Gasteiger partial charge on any atom is 0.127 e. The molecule has 1 aromatic rings. The van der Waals surface area contributed by atoms with Crippen LogP contribution in [0.25, 0.3) is 0 Å². The molecule has 0 aromatic heterocycles. The van der Waals surface area contributed by atoms with Crippen LogP contribution in [0.4, 0.5) is 0 Å². The van der Waals surface area contributed by atoms with Crippen LogP contribution in [-0.4, -0.2) is 20.3 Å². The molecular weight excluding hydrogens is 190 g/mol. The average molecular weight is 207 g/mol. The molecule has 1 heterocycles. The van der Waals surface area contributed by atoms with Crippen molar-refractivity contribution < 1.29 is 9.47 Å². The zero-order chi connectivity index (χ0) is 10.9. The minimum atomic E-state index is -0.482. The highest BCUT2D eigenvalue weighted by Gasteiger charge is 2.28. The number of para-hydroxylation sites is 1. The van der Waals surface area contributed by atoms with Gasteiger partial charge in [-0.3, -0.25) is 0 Å². The molecule has 0 radical (unpaired) electrons. The third-order valence-electron chi connectivity index (χ3n) is 2.77. The maximum absolute atomic E-state index is 6.22. The third kappa shape index (κ3) is 1.85. The zero-order valence-electron chi connectivity index (χ0n) is 9.25. The second kappa shape index (κ2) is 3.83. The lowest BCUT2D eigenvalue weighted by atomic mass is 9.91. The van der Waals surface area contributed by atoms with E-state index < -0.39 is 5.54 Å². The first-order chi connectivity index (χ1) is 7.15. The molecule has 82 valence electrons. The van der Waals surface area contributed by atoms with Crippen LogP contribution in [0, 0.1) is 0 Å². The van der Waals surface area contributed by atoms with E-state index in [-0.39, 0.29) is 0 Å². The number of hydrogen-bond donors (Lipinski definition) is 1. The number of rotatable bonds is 3. The molecule has 0 fully saturated rings. The normalized spacial score (nSPS) is 18.1. The molecule has 0 spiro atoms. The van der Waals surface area contributed by atoms with E-state index in [2.05, 4.69) is 6.07 Å². The molecule has 1 aromatic carbocycles. The van der Waals surface area contributed by atoms with Gasteiger partial charge in [-0.05, 0) is 12.5 Å². The Labute approximate surface area is 90.2 Å². The van der Waals surface area contributed by atoms with E-state index >= 15 is 0 Å². The minimum Gasteiger partial charge on any atom is -0.493 e. The molecule has 1 unspecified atom stereocenters. The monoisotopic (exact) mass is 207 g/mol.